The molecule has 1 N–H and O–H groups in total. The van der Waals surface area contributed by atoms with Gasteiger partial charge in [0.25, 0.3) is 0 Å². The number of imide groups is 1. The minimum atomic E-state index is -0.765. The molecule has 7 nitrogen and oxygen atoms in total. The lowest BCUT2D eigenvalue weighted by Crippen LogP contribution is -2.65. The van der Waals surface area contributed by atoms with Gasteiger partial charge in [0.1, 0.15) is 12.1 Å². The van der Waals surface area contributed by atoms with Crippen molar-refractivity contribution in [1.82, 2.24) is 14.7 Å². The van der Waals surface area contributed by atoms with E-state index in [0.717, 1.165) is 0 Å². The standard InChI is InChI=1S/C14H23N3O4/c1-10(2)14(21)8-16(9-14)11(18)5-4-6-17-12(19)7-15(3)13(17)20/h10,21H,4-9H2,1-3H3. The Bertz CT molecular complexity index is 457. The summed E-state index contributed by atoms with van der Waals surface area (Å²) in [6.45, 7) is 4.99. The quantitative estimate of drug-likeness (QED) is 0.718. The number of likely N-dealkylation sites (N-methyl/N-ethyl adjacent to an activating group) is 1. The number of carbonyl (C=O) groups is 3. The third-order valence-corrected chi connectivity index (χ3v) is 4.36. The van der Waals surface area contributed by atoms with E-state index < -0.39 is 5.60 Å². The summed E-state index contributed by atoms with van der Waals surface area (Å²) in [6, 6.07) is -0.300. The highest BCUT2D eigenvalue weighted by Crippen LogP contribution is 2.29. The van der Waals surface area contributed by atoms with Crippen LogP contribution in [0.2, 0.25) is 0 Å². The number of hydrogen-bond acceptors (Lipinski definition) is 4. The Morgan fingerprint density at radius 2 is 1.95 bits per heavy atom. The molecule has 118 valence electrons. The summed E-state index contributed by atoms with van der Waals surface area (Å²) in [5.74, 6) is -0.127. The number of aliphatic hydroxyl groups is 1. The van der Waals surface area contributed by atoms with Gasteiger partial charge in [0, 0.05) is 20.0 Å². The van der Waals surface area contributed by atoms with Crippen molar-refractivity contribution >= 4 is 17.8 Å². The van der Waals surface area contributed by atoms with Gasteiger partial charge in [-0.1, -0.05) is 13.8 Å². The van der Waals surface area contributed by atoms with Crippen molar-refractivity contribution in [3.63, 3.8) is 0 Å². The number of rotatable bonds is 5. The number of β-amino-alcohol motifs (C(OH)–C–C–N with tert-alkyl or cyclic N) is 1. The molecule has 4 amide bonds. The Hall–Kier alpha value is -1.63. The van der Waals surface area contributed by atoms with Gasteiger partial charge in [-0.25, -0.2) is 4.79 Å². The fraction of sp³-hybridized carbons (Fsp3) is 0.786. The Morgan fingerprint density at radius 3 is 2.43 bits per heavy atom. The molecule has 0 unspecified atom stereocenters. The van der Waals surface area contributed by atoms with E-state index in [-0.39, 0.29) is 43.3 Å². The second-order valence-corrected chi connectivity index (χ2v) is 6.30. The molecule has 0 bridgehead atoms. The zero-order chi connectivity index (χ0) is 15.8. The molecule has 21 heavy (non-hydrogen) atoms. The third kappa shape index (κ3) is 3.02. The van der Waals surface area contributed by atoms with E-state index in [1.165, 1.54) is 9.80 Å². The van der Waals surface area contributed by atoms with Crippen LogP contribution in [0.3, 0.4) is 0 Å². The van der Waals surface area contributed by atoms with E-state index >= 15 is 0 Å². The summed E-state index contributed by atoms with van der Waals surface area (Å²) < 4.78 is 0. The molecule has 2 fully saturated rings. The van der Waals surface area contributed by atoms with Crippen LogP contribution in [-0.2, 0) is 9.59 Å². The number of likely N-dealkylation sites (tertiary alicyclic amines) is 1. The molecule has 2 aliphatic heterocycles. The van der Waals surface area contributed by atoms with Gasteiger partial charge in [0.2, 0.25) is 11.8 Å². The predicted octanol–water partition coefficient (Wildman–Crippen LogP) is -0.110. The Morgan fingerprint density at radius 1 is 1.33 bits per heavy atom. The molecular weight excluding hydrogens is 274 g/mol. The fourth-order valence-electron chi connectivity index (χ4n) is 2.59. The molecule has 0 aliphatic carbocycles. The second kappa shape index (κ2) is 5.63. The zero-order valence-corrected chi connectivity index (χ0v) is 12.8. The lowest BCUT2D eigenvalue weighted by atomic mass is 9.83. The average molecular weight is 297 g/mol. The van der Waals surface area contributed by atoms with Gasteiger partial charge in [-0.3, -0.25) is 14.5 Å². The highest BCUT2D eigenvalue weighted by atomic mass is 16.3. The highest BCUT2D eigenvalue weighted by Gasteiger charge is 2.45. The normalized spacial score (nSPS) is 21.3. The highest BCUT2D eigenvalue weighted by molar-refractivity contribution is 6.01. The summed E-state index contributed by atoms with van der Waals surface area (Å²) in [5, 5.41) is 10.1. The summed E-state index contributed by atoms with van der Waals surface area (Å²) in [4.78, 5) is 39.4. The molecule has 2 rings (SSSR count). The van der Waals surface area contributed by atoms with Crippen LogP contribution in [0.15, 0.2) is 0 Å². The third-order valence-electron chi connectivity index (χ3n) is 4.36. The summed E-state index contributed by atoms with van der Waals surface area (Å²) in [7, 11) is 1.58. The summed E-state index contributed by atoms with van der Waals surface area (Å²) >= 11 is 0. The van der Waals surface area contributed by atoms with Gasteiger partial charge < -0.3 is 14.9 Å². The molecule has 0 radical (unpaired) electrons. The number of carbonyl (C=O) groups excluding carboxylic acids is 3. The average Bonchev–Trinajstić information content (AvgIpc) is 2.60. The number of amides is 4. The van der Waals surface area contributed by atoms with Crippen LogP contribution >= 0.6 is 0 Å². The summed E-state index contributed by atoms with van der Waals surface area (Å²) in [5.41, 5.74) is -0.765. The van der Waals surface area contributed by atoms with Gasteiger partial charge in [-0.15, -0.1) is 0 Å². The minimum absolute atomic E-state index is 0.0345. The second-order valence-electron chi connectivity index (χ2n) is 6.30. The van der Waals surface area contributed by atoms with Gasteiger partial charge in [-0.2, -0.15) is 0 Å². The molecule has 0 atom stereocenters. The van der Waals surface area contributed by atoms with Crippen LogP contribution in [0.5, 0.6) is 0 Å². The number of urea groups is 1. The lowest BCUT2D eigenvalue weighted by molar-refractivity contribution is -0.163. The lowest BCUT2D eigenvalue weighted by Gasteiger charge is -2.49. The predicted molar refractivity (Wildman–Crippen MR) is 75.3 cm³/mol. The molecule has 2 aliphatic rings. The first-order valence-electron chi connectivity index (χ1n) is 7.30. The summed E-state index contributed by atoms with van der Waals surface area (Å²) in [6.07, 6.45) is 0.746. The molecule has 0 aromatic carbocycles. The maximum absolute atomic E-state index is 12.0. The monoisotopic (exact) mass is 297 g/mol. The molecule has 0 saturated carbocycles. The smallest absolute Gasteiger partial charge is 0.326 e. The Kier molecular flexibility index (Phi) is 4.22. The first-order chi connectivity index (χ1) is 9.74. The molecule has 0 aromatic heterocycles. The van der Waals surface area contributed by atoms with Crippen molar-refractivity contribution in [2.45, 2.75) is 32.3 Å². The van der Waals surface area contributed by atoms with E-state index in [1.807, 2.05) is 13.8 Å². The molecule has 7 heteroatoms. The van der Waals surface area contributed by atoms with Crippen molar-refractivity contribution in [2.75, 3.05) is 33.2 Å². The van der Waals surface area contributed by atoms with Crippen LogP contribution < -0.4 is 0 Å². The topological polar surface area (TPSA) is 81.2 Å². The van der Waals surface area contributed by atoms with Crippen molar-refractivity contribution in [3.05, 3.63) is 0 Å². The van der Waals surface area contributed by atoms with Crippen LogP contribution in [0, 0.1) is 5.92 Å². The van der Waals surface area contributed by atoms with Gasteiger partial charge in [0.05, 0.1) is 13.1 Å². The fourth-order valence-corrected chi connectivity index (χ4v) is 2.59. The maximum atomic E-state index is 12.0. The van der Waals surface area contributed by atoms with Crippen molar-refractivity contribution in [3.8, 4) is 0 Å². The first-order valence-corrected chi connectivity index (χ1v) is 7.30. The van der Waals surface area contributed by atoms with E-state index in [1.54, 1.807) is 11.9 Å². The van der Waals surface area contributed by atoms with Crippen molar-refractivity contribution < 1.29 is 19.5 Å². The van der Waals surface area contributed by atoms with E-state index in [9.17, 15) is 19.5 Å². The number of hydrogen-bond donors (Lipinski definition) is 1. The molecule has 0 spiro atoms. The van der Waals surface area contributed by atoms with Crippen molar-refractivity contribution in [2.24, 2.45) is 5.92 Å². The SMILES string of the molecule is CC(C)C1(O)CN(C(=O)CCCN2C(=O)CN(C)C2=O)C1. The molecule has 2 heterocycles. The maximum Gasteiger partial charge on any atom is 0.326 e. The Labute approximate surface area is 124 Å². The van der Waals surface area contributed by atoms with Crippen LogP contribution in [-0.4, -0.2) is 76.5 Å². The Balaban J connectivity index is 1.72. The molecular formula is C14H23N3O4. The van der Waals surface area contributed by atoms with Crippen LogP contribution in [0.4, 0.5) is 4.79 Å². The molecule has 2 saturated heterocycles. The minimum Gasteiger partial charge on any atom is -0.386 e. The van der Waals surface area contributed by atoms with Gasteiger partial charge in [0.15, 0.2) is 0 Å². The van der Waals surface area contributed by atoms with E-state index in [0.29, 0.717) is 19.5 Å². The van der Waals surface area contributed by atoms with E-state index in [4.69, 9.17) is 0 Å². The van der Waals surface area contributed by atoms with Gasteiger partial charge >= 0.3 is 6.03 Å². The van der Waals surface area contributed by atoms with Crippen LogP contribution in [0.1, 0.15) is 26.7 Å². The van der Waals surface area contributed by atoms with Crippen molar-refractivity contribution in [1.29, 1.82) is 0 Å². The molecule has 0 aromatic rings. The van der Waals surface area contributed by atoms with Crippen LogP contribution in [0.25, 0.3) is 0 Å². The van der Waals surface area contributed by atoms with Gasteiger partial charge in [-0.05, 0) is 12.3 Å². The number of nitrogens with zero attached hydrogens (tertiary/aromatic N) is 3. The first kappa shape index (κ1) is 15.8. The largest absolute Gasteiger partial charge is 0.386 e. The van der Waals surface area contributed by atoms with E-state index in [2.05, 4.69) is 0 Å². The zero-order valence-electron chi connectivity index (χ0n) is 12.8.